The van der Waals surface area contributed by atoms with E-state index in [4.69, 9.17) is 0 Å². The van der Waals surface area contributed by atoms with Crippen molar-refractivity contribution in [2.24, 2.45) is 17.8 Å². The summed E-state index contributed by atoms with van der Waals surface area (Å²) in [6, 6.07) is 5.77. The molecule has 0 bridgehead atoms. The summed E-state index contributed by atoms with van der Waals surface area (Å²) in [5, 5.41) is 14.5. The van der Waals surface area contributed by atoms with Gasteiger partial charge in [-0.3, -0.25) is 9.48 Å². The highest BCUT2D eigenvalue weighted by Gasteiger charge is 2.53. The number of aromatic nitrogens is 2. The molecule has 1 aliphatic heterocycles. The summed E-state index contributed by atoms with van der Waals surface area (Å²) in [4.78, 5) is 11.3. The highest BCUT2D eigenvalue weighted by atomic mass is 32.2. The van der Waals surface area contributed by atoms with Gasteiger partial charge in [0.25, 0.3) is 0 Å². The van der Waals surface area contributed by atoms with E-state index in [1.165, 1.54) is 0 Å². The lowest BCUT2D eigenvalue weighted by Crippen LogP contribution is -2.33. The van der Waals surface area contributed by atoms with Gasteiger partial charge < -0.3 is 5.11 Å². The molecule has 1 aromatic heterocycles. The molecule has 29 heavy (non-hydrogen) atoms. The molecular weight excluding hydrogens is 390 g/mol. The van der Waals surface area contributed by atoms with Crippen molar-refractivity contribution < 1.29 is 18.3 Å². The number of sulfonamides is 1. The maximum absolute atomic E-state index is 13.1. The molecule has 2 aromatic rings. The number of aryl methyl sites for hydroxylation is 1. The number of rotatable bonds is 6. The SMILES string of the molecule is Cc1ccc2c(CC(=O)O)nn([C@H]3CN(S(=O)(=O)C4CC4C(C)C)C[C@H]3C)c2c1. The fraction of sp³-hybridized carbons (Fsp3) is 0.619. The van der Waals surface area contributed by atoms with Crippen LogP contribution in [0.4, 0.5) is 0 Å². The number of hydrogen-bond acceptors (Lipinski definition) is 4. The first kappa shape index (κ1) is 20.3. The zero-order chi connectivity index (χ0) is 21.1. The van der Waals surface area contributed by atoms with Gasteiger partial charge in [-0.1, -0.05) is 32.9 Å². The molecular formula is C21H29N3O4S. The Bertz CT molecular complexity index is 1060. The maximum atomic E-state index is 13.1. The van der Waals surface area contributed by atoms with Crippen molar-refractivity contribution in [2.45, 2.75) is 51.8 Å². The Morgan fingerprint density at radius 2 is 2.03 bits per heavy atom. The van der Waals surface area contributed by atoms with Gasteiger partial charge in [0.05, 0.1) is 28.9 Å². The molecule has 4 rings (SSSR count). The fourth-order valence-corrected chi connectivity index (χ4v) is 7.10. The molecule has 1 saturated heterocycles. The van der Waals surface area contributed by atoms with Crippen molar-refractivity contribution in [2.75, 3.05) is 13.1 Å². The van der Waals surface area contributed by atoms with Gasteiger partial charge in [0, 0.05) is 18.5 Å². The standard InChI is InChI=1S/C21H29N3O4S/c1-12(2)16-8-20(16)29(27,28)23-10-14(4)19(11-23)24-18-7-13(3)5-6-15(18)17(22-24)9-21(25)26/h5-7,12,14,16,19-20H,8-11H2,1-4H3,(H,25,26)/t14-,16?,19+,20?/m1/s1. The topological polar surface area (TPSA) is 92.5 Å². The van der Waals surface area contributed by atoms with Gasteiger partial charge in [0.2, 0.25) is 10.0 Å². The molecule has 4 atom stereocenters. The molecule has 158 valence electrons. The predicted octanol–water partition coefficient (Wildman–Crippen LogP) is 2.84. The molecule has 2 unspecified atom stereocenters. The Balaban J connectivity index is 1.66. The molecule has 2 heterocycles. The van der Waals surface area contributed by atoms with E-state index in [1.807, 2.05) is 36.7 Å². The lowest BCUT2D eigenvalue weighted by Gasteiger charge is -2.18. The van der Waals surface area contributed by atoms with Crippen LogP contribution in [0.15, 0.2) is 18.2 Å². The van der Waals surface area contributed by atoms with Gasteiger partial charge in [-0.25, -0.2) is 8.42 Å². The van der Waals surface area contributed by atoms with Gasteiger partial charge in [-0.15, -0.1) is 0 Å². The van der Waals surface area contributed by atoms with Crippen LogP contribution in [0.2, 0.25) is 0 Å². The third-order valence-electron chi connectivity index (χ3n) is 6.49. The zero-order valence-corrected chi connectivity index (χ0v) is 18.2. The number of benzene rings is 1. The van der Waals surface area contributed by atoms with Crippen molar-refractivity contribution in [3.8, 4) is 0 Å². The maximum Gasteiger partial charge on any atom is 0.309 e. The van der Waals surface area contributed by atoms with Crippen molar-refractivity contribution in [3.05, 3.63) is 29.5 Å². The molecule has 1 aromatic carbocycles. The second-order valence-electron chi connectivity index (χ2n) is 9.07. The monoisotopic (exact) mass is 419 g/mol. The second kappa shape index (κ2) is 7.09. The first-order valence-electron chi connectivity index (χ1n) is 10.3. The average molecular weight is 420 g/mol. The second-order valence-corrected chi connectivity index (χ2v) is 11.2. The minimum absolute atomic E-state index is 0.0994. The van der Waals surface area contributed by atoms with Crippen LogP contribution < -0.4 is 0 Å². The van der Waals surface area contributed by atoms with Crippen molar-refractivity contribution in [3.63, 3.8) is 0 Å². The van der Waals surface area contributed by atoms with Crippen LogP contribution in [0.3, 0.4) is 0 Å². The third kappa shape index (κ3) is 3.57. The third-order valence-corrected chi connectivity index (χ3v) is 8.81. The number of carboxylic acid groups (broad SMARTS) is 1. The Hall–Kier alpha value is -1.93. The van der Waals surface area contributed by atoms with Gasteiger partial charge in [-0.05, 0) is 42.7 Å². The molecule has 1 saturated carbocycles. The number of carboxylic acids is 1. The lowest BCUT2D eigenvalue weighted by molar-refractivity contribution is -0.136. The first-order chi connectivity index (χ1) is 13.6. The molecule has 2 aliphatic rings. The number of carbonyl (C=O) groups is 1. The summed E-state index contributed by atoms with van der Waals surface area (Å²) < 4.78 is 29.7. The van der Waals surface area contributed by atoms with E-state index in [0.29, 0.717) is 24.7 Å². The van der Waals surface area contributed by atoms with Crippen molar-refractivity contribution >= 4 is 26.9 Å². The normalized spacial score (nSPS) is 27.8. The summed E-state index contributed by atoms with van der Waals surface area (Å²) >= 11 is 0. The van der Waals surface area contributed by atoms with E-state index in [9.17, 15) is 18.3 Å². The number of aliphatic carboxylic acids is 1. The molecule has 7 nitrogen and oxygen atoms in total. The minimum Gasteiger partial charge on any atom is -0.481 e. The Labute approximate surface area is 171 Å². The van der Waals surface area contributed by atoms with E-state index in [1.54, 1.807) is 4.31 Å². The van der Waals surface area contributed by atoms with Crippen LogP contribution in [0.25, 0.3) is 10.9 Å². The Morgan fingerprint density at radius 1 is 1.31 bits per heavy atom. The molecule has 1 N–H and O–H groups in total. The van der Waals surface area contributed by atoms with Gasteiger partial charge in [-0.2, -0.15) is 9.40 Å². The van der Waals surface area contributed by atoms with E-state index in [-0.39, 0.29) is 29.5 Å². The van der Waals surface area contributed by atoms with Gasteiger partial charge >= 0.3 is 5.97 Å². The molecule has 0 spiro atoms. The molecule has 0 radical (unpaired) electrons. The quantitative estimate of drug-likeness (QED) is 0.777. The first-order valence-corrected chi connectivity index (χ1v) is 11.8. The van der Waals surface area contributed by atoms with E-state index in [0.717, 1.165) is 22.9 Å². The van der Waals surface area contributed by atoms with E-state index < -0.39 is 16.0 Å². The lowest BCUT2D eigenvalue weighted by atomic mass is 10.1. The van der Waals surface area contributed by atoms with Crippen LogP contribution in [-0.2, 0) is 21.2 Å². The average Bonchev–Trinajstić information content (AvgIpc) is 3.27. The Morgan fingerprint density at radius 3 is 2.66 bits per heavy atom. The highest BCUT2D eigenvalue weighted by Crippen LogP contribution is 2.45. The van der Waals surface area contributed by atoms with Crippen LogP contribution in [-0.4, -0.2) is 51.9 Å². The summed E-state index contributed by atoms with van der Waals surface area (Å²) in [6.45, 7) is 9.07. The smallest absolute Gasteiger partial charge is 0.309 e. The van der Waals surface area contributed by atoms with E-state index >= 15 is 0 Å². The fourth-order valence-electron chi connectivity index (χ4n) is 4.70. The van der Waals surface area contributed by atoms with Crippen LogP contribution in [0.1, 0.15) is 44.5 Å². The zero-order valence-electron chi connectivity index (χ0n) is 17.4. The summed E-state index contributed by atoms with van der Waals surface area (Å²) in [7, 11) is -3.31. The van der Waals surface area contributed by atoms with Crippen LogP contribution in [0.5, 0.6) is 0 Å². The summed E-state index contributed by atoms with van der Waals surface area (Å²) in [5.41, 5.74) is 2.47. The van der Waals surface area contributed by atoms with Gasteiger partial charge in [0.1, 0.15) is 0 Å². The van der Waals surface area contributed by atoms with Crippen molar-refractivity contribution in [1.29, 1.82) is 0 Å². The van der Waals surface area contributed by atoms with Gasteiger partial charge in [0.15, 0.2) is 0 Å². The number of hydrogen-bond donors (Lipinski definition) is 1. The molecule has 0 amide bonds. The minimum atomic E-state index is -3.31. The van der Waals surface area contributed by atoms with Crippen LogP contribution >= 0.6 is 0 Å². The van der Waals surface area contributed by atoms with Crippen molar-refractivity contribution in [1.82, 2.24) is 14.1 Å². The number of fused-ring (bicyclic) bond motifs is 1. The number of nitrogens with zero attached hydrogens (tertiary/aromatic N) is 3. The predicted molar refractivity (Wildman–Crippen MR) is 111 cm³/mol. The highest BCUT2D eigenvalue weighted by molar-refractivity contribution is 7.90. The molecule has 2 fully saturated rings. The largest absolute Gasteiger partial charge is 0.481 e. The van der Waals surface area contributed by atoms with E-state index in [2.05, 4.69) is 18.9 Å². The molecule has 8 heteroatoms. The molecule has 1 aliphatic carbocycles. The van der Waals surface area contributed by atoms with Crippen LogP contribution in [0, 0.1) is 24.7 Å². The summed E-state index contributed by atoms with van der Waals surface area (Å²) in [6.07, 6.45) is 0.607. The summed E-state index contributed by atoms with van der Waals surface area (Å²) in [5.74, 6) is -0.191. The Kier molecular flexibility index (Phi) is 4.98.